The molecule has 0 aromatic carbocycles. The molecule has 2 rings (SSSR count). The number of pyridine rings is 1. The second-order valence-corrected chi connectivity index (χ2v) is 4.95. The number of methoxy groups -OCH3 is 1. The minimum Gasteiger partial charge on any atom is -0.469 e. The minimum atomic E-state index is -0.703. The van der Waals surface area contributed by atoms with Gasteiger partial charge in [0.25, 0.3) is 0 Å². The van der Waals surface area contributed by atoms with Crippen molar-refractivity contribution in [3.63, 3.8) is 0 Å². The Morgan fingerprint density at radius 2 is 2.28 bits per heavy atom. The van der Waals surface area contributed by atoms with E-state index in [9.17, 15) is 9.59 Å². The summed E-state index contributed by atoms with van der Waals surface area (Å²) in [4.78, 5) is 27.3. The molecule has 0 bridgehead atoms. The highest BCUT2D eigenvalue weighted by Crippen LogP contribution is 2.53. The van der Waals surface area contributed by atoms with E-state index in [1.54, 1.807) is 19.1 Å². The van der Waals surface area contributed by atoms with Crippen LogP contribution in [0.1, 0.15) is 13.3 Å². The number of carbonyl (C=O) groups excluding carboxylic acids is 2. The Balaban J connectivity index is 1.99. The van der Waals surface area contributed by atoms with Gasteiger partial charge in [0.15, 0.2) is 0 Å². The minimum absolute atomic E-state index is 0.224. The van der Waals surface area contributed by atoms with Crippen LogP contribution in [0, 0.1) is 11.3 Å². The molecule has 2 atom stereocenters. The van der Waals surface area contributed by atoms with Crippen LogP contribution in [-0.4, -0.2) is 24.0 Å². The number of hydrogen-bond acceptors (Lipinski definition) is 4. The molecule has 1 saturated carbocycles. The zero-order valence-electron chi connectivity index (χ0n) is 10.1. The lowest BCUT2D eigenvalue weighted by atomic mass is 10.1. The van der Waals surface area contributed by atoms with Gasteiger partial charge in [0, 0.05) is 6.20 Å². The first-order valence-corrected chi connectivity index (χ1v) is 5.86. The van der Waals surface area contributed by atoms with E-state index in [1.807, 2.05) is 0 Å². The van der Waals surface area contributed by atoms with Crippen LogP contribution in [0.3, 0.4) is 0 Å². The summed E-state index contributed by atoms with van der Waals surface area (Å²) in [5.41, 5.74) is -0.703. The molecule has 0 radical (unpaired) electrons. The van der Waals surface area contributed by atoms with Crippen LogP contribution in [0.2, 0.25) is 5.02 Å². The number of esters is 1. The molecule has 0 unspecified atom stereocenters. The van der Waals surface area contributed by atoms with E-state index < -0.39 is 5.41 Å². The number of nitrogens with one attached hydrogen (secondary N) is 1. The quantitative estimate of drug-likeness (QED) is 0.850. The number of carbonyl (C=O) groups is 2. The summed E-state index contributed by atoms with van der Waals surface area (Å²) in [6, 6.07) is 3.24. The Morgan fingerprint density at radius 3 is 2.83 bits per heavy atom. The first-order valence-electron chi connectivity index (χ1n) is 5.48. The fraction of sp³-hybridized carbons (Fsp3) is 0.417. The summed E-state index contributed by atoms with van der Waals surface area (Å²) in [7, 11) is 1.32. The lowest BCUT2D eigenvalue weighted by Crippen LogP contribution is -2.23. The van der Waals surface area contributed by atoms with Crippen LogP contribution in [0.15, 0.2) is 18.3 Å². The summed E-state index contributed by atoms with van der Waals surface area (Å²) in [6.45, 7) is 1.72. The van der Waals surface area contributed by atoms with Crippen LogP contribution < -0.4 is 5.32 Å². The second-order valence-electron chi connectivity index (χ2n) is 4.52. The van der Waals surface area contributed by atoms with Crippen LogP contribution in [-0.2, 0) is 14.3 Å². The molecule has 1 fully saturated rings. The van der Waals surface area contributed by atoms with Gasteiger partial charge in [0.05, 0.1) is 23.5 Å². The van der Waals surface area contributed by atoms with Crippen molar-refractivity contribution < 1.29 is 14.3 Å². The normalized spacial score (nSPS) is 25.4. The van der Waals surface area contributed by atoms with Gasteiger partial charge in [0.2, 0.25) is 5.91 Å². The van der Waals surface area contributed by atoms with Gasteiger partial charge in [-0.3, -0.25) is 9.59 Å². The van der Waals surface area contributed by atoms with Crippen molar-refractivity contribution >= 4 is 29.3 Å². The first kappa shape index (κ1) is 12.8. The number of amides is 1. The van der Waals surface area contributed by atoms with Gasteiger partial charge in [-0.05, 0) is 25.5 Å². The van der Waals surface area contributed by atoms with E-state index in [0.717, 1.165) is 0 Å². The van der Waals surface area contributed by atoms with Gasteiger partial charge in [0.1, 0.15) is 5.82 Å². The second kappa shape index (κ2) is 4.57. The lowest BCUT2D eigenvalue weighted by molar-refractivity contribution is -0.147. The monoisotopic (exact) mass is 268 g/mol. The highest BCUT2D eigenvalue weighted by Gasteiger charge is 2.61. The van der Waals surface area contributed by atoms with Gasteiger partial charge in [-0.2, -0.15) is 0 Å². The molecule has 96 valence electrons. The third kappa shape index (κ3) is 2.31. The highest BCUT2D eigenvalue weighted by atomic mass is 35.5. The SMILES string of the molecule is COC(=O)[C@@]1(C)C[C@H]1C(=O)Nc1ccc(Cl)cn1. The molecule has 1 aliphatic carbocycles. The van der Waals surface area contributed by atoms with Crippen molar-refractivity contribution in [3.05, 3.63) is 23.4 Å². The molecule has 0 aliphatic heterocycles. The topological polar surface area (TPSA) is 68.3 Å². The average Bonchev–Trinajstić information content (AvgIpc) is 3.05. The third-order valence-electron chi connectivity index (χ3n) is 3.18. The maximum Gasteiger partial charge on any atom is 0.312 e. The third-order valence-corrected chi connectivity index (χ3v) is 3.41. The lowest BCUT2D eigenvalue weighted by Gasteiger charge is -2.08. The zero-order chi connectivity index (χ0) is 13.3. The van der Waals surface area contributed by atoms with Crippen molar-refractivity contribution in [3.8, 4) is 0 Å². The van der Waals surface area contributed by atoms with Crippen molar-refractivity contribution in [2.75, 3.05) is 12.4 Å². The Kier molecular flexibility index (Phi) is 3.26. The van der Waals surface area contributed by atoms with Crippen molar-refractivity contribution in [2.24, 2.45) is 11.3 Å². The number of rotatable bonds is 3. The fourth-order valence-electron chi connectivity index (χ4n) is 1.87. The maximum absolute atomic E-state index is 11.9. The molecule has 1 aromatic rings. The van der Waals surface area contributed by atoms with E-state index in [-0.39, 0.29) is 17.8 Å². The predicted molar refractivity (Wildman–Crippen MR) is 66.1 cm³/mol. The Bertz CT molecular complexity index is 489. The Hall–Kier alpha value is -1.62. The molecular weight excluding hydrogens is 256 g/mol. The molecule has 1 aromatic heterocycles. The van der Waals surface area contributed by atoms with Crippen molar-refractivity contribution in [1.82, 2.24) is 4.98 Å². The molecule has 1 N–H and O–H groups in total. The fourth-order valence-corrected chi connectivity index (χ4v) is 1.98. The largest absolute Gasteiger partial charge is 0.469 e. The van der Waals surface area contributed by atoms with Crippen LogP contribution >= 0.6 is 11.6 Å². The van der Waals surface area contributed by atoms with Gasteiger partial charge >= 0.3 is 5.97 Å². The van der Waals surface area contributed by atoms with Gasteiger partial charge in [-0.25, -0.2) is 4.98 Å². The number of nitrogens with zero attached hydrogens (tertiary/aromatic N) is 1. The van der Waals surface area contributed by atoms with E-state index in [1.165, 1.54) is 13.3 Å². The van der Waals surface area contributed by atoms with Gasteiger partial charge in [-0.1, -0.05) is 11.6 Å². The molecule has 1 aliphatic rings. The average molecular weight is 269 g/mol. The van der Waals surface area contributed by atoms with Gasteiger partial charge in [-0.15, -0.1) is 0 Å². The zero-order valence-corrected chi connectivity index (χ0v) is 10.8. The van der Waals surface area contributed by atoms with Crippen LogP contribution in [0.5, 0.6) is 0 Å². The summed E-state index contributed by atoms with van der Waals surface area (Å²) >= 11 is 5.69. The van der Waals surface area contributed by atoms with E-state index >= 15 is 0 Å². The summed E-state index contributed by atoms with van der Waals surface area (Å²) in [6.07, 6.45) is 1.95. The van der Waals surface area contributed by atoms with Crippen LogP contribution in [0.25, 0.3) is 0 Å². The van der Waals surface area contributed by atoms with E-state index in [0.29, 0.717) is 17.3 Å². The number of hydrogen-bond donors (Lipinski definition) is 1. The molecule has 0 saturated heterocycles. The molecular formula is C12H13ClN2O3. The van der Waals surface area contributed by atoms with E-state index in [2.05, 4.69) is 15.0 Å². The molecule has 1 heterocycles. The first-order chi connectivity index (χ1) is 8.47. The number of ether oxygens (including phenoxy) is 1. The summed E-state index contributed by atoms with van der Waals surface area (Å²) < 4.78 is 4.67. The smallest absolute Gasteiger partial charge is 0.312 e. The van der Waals surface area contributed by atoms with Crippen molar-refractivity contribution in [2.45, 2.75) is 13.3 Å². The predicted octanol–water partition coefficient (Wildman–Crippen LogP) is 1.87. The van der Waals surface area contributed by atoms with Crippen LogP contribution in [0.4, 0.5) is 5.82 Å². The maximum atomic E-state index is 11.9. The molecule has 1 amide bonds. The van der Waals surface area contributed by atoms with Crippen molar-refractivity contribution in [1.29, 1.82) is 0 Å². The Morgan fingerprint density at radius 1 is 1.56 bits per heavy atom. The standard InChI is InChI=1S/C12H13ClN2O3/c1-12(11(17)18-2)5-8(12)10(16)15-9-4-3-7(13)6-14-9/h3-4,6,8H,5H2,1-2H3,(H,14,15,16)/t8-,12-/m0/s1. The summed E-state index contributed by atoms with van der Waals surface area (Å²) in [5.74, 6) is -0.518. The molecule has 18 heavy (non-hydrogen) atoms. The number of anilines is 1. The summed E-state index contributed by atoms with van der Waals surface area (Å²) in [5, 5.41) is 3.15. The number of aromatic nitrogens is 1. The molecule has 0 spiro atoms. The highest BCUT2D eigenvalue weighted by molar-refractivity contribution is 6.30. The molecule has 6 heteroatoms. The molecule has 5 nitrogen and oxygen atoms in total. The number of halogens is 1. The Labute approximate surface area is 109 Å². The van der Waals surface area contributed by atoms with Gasteiger partial charge < -0.3 is 10.1 Å². The van der Waals surface area contributed by atoms with E-state index in [4.69, 9.17) is 11.6 Å².